The van der Waals surface area contributed by atoms with E-state index >= 15 is 0 Å². The van der Waals surface area contributed by atoms with Gasteiger partial charge in [-0.15, -0.1) is 36.2 Å². The Morgan fingerprint density at radius 2 is 2.05 bits per heavy atom. The summed E-state index contributed by atoms with van der Waals surface area (Å²) < 4.78 is 5.23. The minimum absolute atomic E-state index is 0. The molecule has 1 atom stereocenters. The third kappa shape index (κ3) is 5.66. The van der Waals surface area contributed by atoms with Crippen LogP contribution in [0.4, 0.5) is 0 Å². The van der Waals surface area contributed by atoms with Gasteiger partial charge in [-0.2, -0.15) is 0 Å². The Morgan fingerprint density at radius 1 is 1.45 bits per heavy atom. The lowest BCUT2D eigenvalue weighted by atomic mass is 9.81. The van der Waals surface area contributed by atoms with Crippen molar-refractivity contribution in [2.24, 2.45) is 11.1 Å². The molecule has 1 unspecified atom stereocenters. The Morgan fingerprint density at radius 3 is 2.50 bits per heavy atom. The first-order valence-electron chi connectivity index (χ1n) is 6.98. The third-order valence-corrected chi connectivity index (χ3v) is 4.98. The van der Waals surface area contributed by atoms with Crippen LogP contribution in [0, 0.1) is 5.41 Å². The molecule has 0 aliphatic rings. The molecule has 0 bridgehead atoms. The van der Waals surface area contributed by atoms with Crippen LogP contribution in [0.2, 0.25) is 0 Å². The molecule has 0 radical (unpaired) electrons. The number of nitrogens with two attached hydrogens (primary N) is 1. The molecule has 0 aliphatic carbocycles. The van der Waals surface area contributed by atoms with Gasteiger partial charge in [-0.3, -0.25) is 4.79 Å². The summed E-state index contributed by atoms with van der Waals surface area (Å²) in [5.41, 5.74) is 6.17. The van der Waals surface area contributed by atoms with Crippen molar-refractivity contribution in [3.05, 3.63) is 16.1 Å². The summed E-state index contributed by atoms with van der Waals surface area (Å²) in [6.07, 6.45) is 1.47. The molecule has 8 heteroatoms. The van der Waals surface area contributed by atoms with E-state index in [9.17, 15) is 4.79 Å². The summed E-state index contributed by atoms with van der Waals surface area (Å²) in [6, 6.07) is 0. The fourth-order valence-corrected chi connectivity index (χ4v) is 2.85. The number of hydrogen-bond acceptors (Lipinski definition) is 5. The van der Waals surface area contributed by atoms with Crippen LogP contribution < -0.4 is 11.1 Å². The van der Waals surface area contributed by atoms with Crippen LogP contribution in [0.25, 0.3) is 0 Å². The van der Waals surface area contributed by atoms with Crippen LogP contribution >= 0.6 is 36.2 Å². The van der Waals surface area contributed by atoms with E-state index in [0.717, 1.165) is 23.5 Å². The second-order valence-electron chi connectivity index (χ2n) is 4.93. The van der Waals surface area contributed by atoms with Gasteiger partial charge in [0, 0.05) is 19.0 Å². The van der Waals surface area contributed by atoms with Crippen molar-refractivity contribution in [1.29, 1.82) is 0 Å². The number of rotatable bonds is 8. The van der Waals surface area contributed by atoms with Gasteiger partial charge in [-0.1, -0.05) is 13.8 Å². The first kappa shape index (κ1) is 23.9. The molecule has 0 aliphatic heterocycles. The molecule has 3 N–H and O–H groups in total. The molecular weight excluding hydrogens is 345 g/mol. The number of carbonyl (C=O) groups excluding carboxylic acids is 1. The van der Waals surface area contributed by atoms with E-state index in [0.29, 0.717) is 13.1 Å². The summed E-state index contributed by atoms with van der Waals surface area (Å²) in [7, 11) is 1.66. The second-order valence-corrected chi connectivity index (χ2v) is 5.82. The standard InChI is InChI=1S/C14H25N3O2S.2ClH/c1-5-14(6-2,9-15)13(18)16-7-11-8-20-12(17-11)10(3)19-4;;/h8,10H,5-7,9,15H2,1-4H3,(H,16,18);2*1H. The van der Waals surface area contributed by atoms with Crippen molar-refractivity contribution in [2.45, 2.75) is 46.3 Å². The normalized spacial score (nSPS) is 12.0. The lowest BCUT2D eigenvalue weighted by Crippen LogP contribution is -2.45. The molecule has 130 valence electrons. The first-order valence-corrected chi connectivity index (χ1v) is 7.86. The Labute approximate surface area is 149 Å². The summed E-state index contributed by atoms with van der Waals surface area (Å²) in [5.74, 6) is 0.0133. The first-order chi connectivity index (χ1) is 9.52. The number of thiazole rings is 1. The summed E-state index contributed by atoms with van der Waals surface area (Å²) >= 11 is 1.55. The predicted molar refractivity (Wildman–Crippen MR) is 96.0 cm³/mol. The molecule has 1 aromatic heterocycles. The highest BCUT2D eigenvalue weighted by Gasteiger charge is 2.33. The molecule has 0 saturated carbocycles. The van der Waals surface area contributed by atoms with E-state index in [-0.39, 0.29) is 36.8 Å². The van der Waals surface area contributed by atoms with Crippen molar-refractivity contribution < 1.29 is 9.53 Å². The SMILES string of the molecule is CCC(CC)(CN)C(=O)NCc1csc(C(C)OC)n1.Cl.Cl. The average Bonchev–Trinajstić information content (AvgIpc) is 2.95. The zero-order chi connectivity index (χ0) is 15.2. The molecule has 0 saturated heterocycles. The van der Waals surface area contributed by atoms with Gasteiger partial charge in [-0.05, 0) is 19.8 Å². The fourth-order valence-electron chi connectivity index (χ4n) is 2.00. The Balaban J connectivity index is 0. The monoisotopic (exact) mass is 371 g/mol. The number of hydrogen-bond donors (Lipinski definition) is 2. The van der Waals surface area contributed by atoms with Gasteiger partial charge in [-0.25, -0.2) is 4.98 Å². The molecule has 0 aromatic carbocycles. The molecule has 5 nitrogen and oxygen atoms in total. The van der Waals surface area contributed by atoms with Gasteiger partial charge >= 0.3 is 0 Å². The van der Waals surface area contributed by atoms with Crippen molar-refractivity contribution in [1.82, 2.24) is 10.3 Å². The Kier molecular flexibility index (Phi) is 12.1. The number of ether oxygens (including phenoxy) is 1. The number of nitrogens with one attached hydrogen (secondary N) is 1. The number of methoxy groups -OCH3 is 1. The number of nitrogens with zero attached hydrogens (tertiary/aromatic N) is 1. The third-order valence-electron chi connectivity index (χ3n) is 3.93. The van der Waals surface area contributed by atoms with Crippen molar-refractivity contribution >= 4 is 42.1 Å². The highest BCUT2D eigenvalue weighted by Crippen LogP contribution is 2.25. The molecule has 1 amide bonds. The van der Waals surface area contributed by atoms with E-state index in [1.54, 1.807) is 18.4 Å². The second kappa shape index (κ2) is 11.2. The average molecular weight is 372 g/mol. The van der Waals surface area contributed by atoms with Crippen LogP contribution in [0.5, 0.6) is 0 Å². The van der Waals surface area contributed by atoms with Crippen LogP contribution in [0.15, 0.2) is 5.38 Å². The molecule has 0 spiro atoms. The van der Waals surface area contributed by atoms with Crippen molar-refractivity contribution in [3.63, 3.8) is 0 Å². The van der Waals surface area contributed by atoms with Crippen molar-refractivity contribution in [2.75, 3.05) is 13.7 Å². The lowest BCUT2D eigenvalue weighted by Gasteiger charge is -2.28. The van der Waals surface area contributed by atoms with E-state index < -0.39 is 5.41 Å². The molecule has 22 heavy (non-hydrogen) atoms. The highest BCUT2D eigenvalue weighted by molar-refractivity contribution is 7.09. The van der Waals surface area contributed by atoms with E-state index in [4.69, 9.17) is 10.5 Å². The van der Waals surface area contributed by atoms with Crippen LogP contribution in [-0.4, -0.2) is 24.5 Å². The van der Waals surface area contributed by atoms with Gasteiger partial charge < -0.3 is 15.8 Å². The smallest absolute Gasteiger partial charge is 0.227 e. The zero-order valence-corrected chi connectivity index (χ0v) is 16.0. The van der Waals surface area contributed by atoms with Crippen LogP contribution in [0.1, 0.15) is 50.4 Å². The molecule has 1 heterocycles. The Hall–Kier alpha value is -0.400. The lowest BCUT2D eigenvalue weighted by molar-refractivity contribution is -0.131. The quantitative estimate of drug-likeness (QED) is 0.735. The van der Waals surface area contributed by atoms with Gasteiger partial charge in [0.2, 0.25) is 5.91 Å². The number of halogens is 2. The minimum atomic E-state index is -0.460. The minimum Gasteiger partial charge on any atom is -0.375 e. The summed E-state index contributed by atoms with van der Waals surface area (Å²) in [6.45, 7) is 6.76. The van der Waals surface area contributed by atoms with Crippen molar-refractivity contribution in [3.8, 4) is 0 Å². The molecule has 1 aromatic rings. The predicted octanol–water partition coefficient (Wildman–Crippen LogP) is 3.08. The fraction of sp³-hybridized carbons (Fsp3) is 0.714. The van der Waals surface area contributed by atoms with E-state index in [1.165, 1.54) is 0 Å². The van der Waals surface area contributed by atoms with Crippen LogP contribution in [-0.2, 0) is 16.1 Å². The van der Waals surface area contributed by atoms with Gasteiger partial charge in [0.05, 0.1) is 17.7 Å². The molecule has 0 fully saturated rings. The number of carbonyl (C=O) groups is 1. The maximum Gasteiger partial charge on any atom is 0.227 e. The van der Waals surface area contributed by atoms with E-state index in [2.05, 4.69) is 10.3 Å². The van der Waals surface area contributed by atoms with E-state index in [1.807, 2.05) is 26.2 Å². The maximum absolute atomic E-state index is 12.3. The summed E-state index contributed by atoms with van der Waals surface area (Å²) in [4.78, 5) is 16.7. The topological polar surface area (TPSA) is 77.2 Å². The highest BCUT2D eigenvalue weighted by atomic mass is 35.5. The molecular formula is C14H27Cl2N3O2S. The maximum atomic E-state index is 12.3. The summed E-state index contributed by atoms with van der Waals surface area (Å²) in [5, 5.41) is 5.82. The number of aromatic nitrogens is 1. The Bertz CT molecular complexity index is 431. The molecule has 1 rings (SSSR count). The largest absolute Gasteiger partial charge is 0.375 e. The van der Waals surface area contributed by atoms with Gasteiger partial charge in [0.15, 0.2) is 0 Å². The van der Waals surface area contributed by atoms with Gasteiger partial charge in [0.1, 0.15) is 11.1 Å². The zero-order valence-electron chi connectivity index (χ0n) is 13.5. The van der Waals surface area contributed by atoms with Gasteiger partial charge in [0.25, 0.3) is 0 Å². The van der Waals surface area contributed by atoms with Crippen LogP contribution in [0.3, 0.4) is 0 Å². The number of amides is 1.